The zero-order chi connectivity index (χ0) is 24.3. The molecule has 0 bridgehead atoms. The van der Waals surface area contributed by atoms with Gasteiger partial charge in [-0.25, -0.2) is 0 Å². The van der Waals surface area contributed by atoms with Gasteiger partial charge in [0.2, 0.25) is 12.2 Å². The number of carboxylic acids is 2. The molecule has 2 N–H and O–H groups in total. The molecule has 0 atom stereocenters. The first-order valence-electron chi connectivity index (χ1n) is 12.1. The van der Waals surface area contributed by atoms with Gasteiger partial charge in [-0.05, 0) is 18.4 Å². The molecule has 0 unspecified atom stereocenters. The molecule has 0 aliphatic carbocycles. The van der Waals surface area contributed by atoms with Crippen LogP contribution in [0, 0.1) is 0 Å². The van der Waals surface area contributed by atoms with E-state index < -0.39 is 11.9 Å². The number of hydrogen-bond donors (Lipinski definition) is 2. The Balaban J connectivity index is 2.18. The second kappa shape index (κ2) is 17.8. The fourth-order valence-electron chi connectivity index (χ4n) is 3.72. The van der Waals surface area contributed by atoms with Crippen LogP contribution in [0.25, 0.3) is 0 Å². The molecule has 1 rings (SSSR count). The van der Waals surface area contributed by atoms with Gasteiger partial charge in [0.05, 0.1) is 6.42 Å². The number of aliphatic carboxylic acids is 2. The van der Waals surface area contributed by atoms with Crippen LogP contribution in [0.1, 0.15) is 101 Å². The van der Waals surface area contributed by atoms with Crippen LogP contribution >= 0.6 is 0 Å². The van der Waals surface area contributed by atoms with Gasteiger partial charge in [-0.15, -0.1) is 0 Å². The number of benzene rings is 1. The van der Waals surface area contributed by atoms with Gasteiger partial charge in [0, 0.05) is 31.5 Å². The van der Waals surface area contributed by atoms with Crippen LogP contribution in [0.5, 0.6) is 0 Å². The molecule has 0 saturated carbocycles. The third-order valence-corrected chi connectivity index (χ3v) is 5.67. The van der Waals surface area contributed by atoms with Crippen molar-refractivity contribution in [2.45, 2.75) is 96.4 Å². The van der Waals surface area contributed by atoms with Crippen molar-refractivity contribution in [2.75, 3.05) is 6.54 Å². The maximum Gasteiger partial charge on any atom is 0.305 e. The zero-order valence-corrected chi connectivity index (χ0v) is 19.6. The predicted octanol–water partition coefficient (Wildman–Crippen LogP) is 5.10. The number of carbonyl (C=O) groups is 3. The molecule has 0 heterocycles. The summed E-state index contributed by atoms with van der Waals surface area (Å²) < 4.78 is 0. The van der Waals surface area contributed by atoms with E-state index in [-0.39, 0.29) is 25.3 Å². The van der Waals surface area contributed by atoms with E-state index in [9.17, 15) is 19.2 Å². The summed E-state index contributed by atoms with van der Waals surface area (Å²) in [6.07, 6.45) is 14.0. The molecule has 1 aromatic rings. The summed E-state index contributed by atoms with van der Waals surface area (Å²) in [6.45, 7) is 0.508. The molecule has 0 aromatic heterocycles. The second-order valence-electron chi connectivity index (χ2n) is 8.54. The highest BCUT2D eigenvalue weighted by molar-refractivity contribution is 5.77. The van der Waals surface area contributed by atoms with E-state index in [4.69, 9.17) is 10.2 Å². The first-order chi connectivity index (χ1) is 15.9. The summed E-state index contributed by atoms with van der Waals surface area (Å²) in [7, 11) is 0. The highest BCUT2D eigenvalue weighted by atomic mass is 16.4. The molecule has 1 aromatic carbocycles. The lowest BCUT2D eigenvalue weighted by atomic mass is 10.0. The Bertz CT molecular complexity index is 716. The molecule has 1 radical (unpaired) electrons. The topological polar surface area (TPSA) is 112 Å². The largest absolute Gasteiger partial charge is 0.481 e. The molecule has 33 heavy (non-hydrogen) atoms. The Hall–Kier alpha value is -2.70. The summed E-state index contributed by atoms with van der Waals surface area (Å²) in [5.41, 5.74) is 1.30. The molecule has 0 aliphatic heterocycles. The molecular weight excluding hydrogens is 422 g/mol. The number of hydrogen-bond acceptors (Lipinski definition) is 4. The normalized spacial score (nSPS) is 10.7. The first-order valence-corrected chi connectivity index (χ1v) is 12.1. The van der Waals surface area contributed by atoms with Crippen LogP contribution in [0.15, 0.2) is 24.3 Å². The summed E-state index contributed by atoms with van der Waals surface area (Å²) in [6, 6.07) is 6.80. The van der Waals surface area contributed by atoms with Gasteiger partial charge < -0.3 is 15.1 Å². The minimum absolute atomic E-state index is 0.0369. The van der Waals surface area contributed by atoms with Crippen molar-refractivity contribution in [3.63, 3.8) is 0 Å². The van der Waals surface area contributed by atoms with Gasteiger partial charge in [-0.3, -0.25) is 19.2 Å². The molecule has 0 saturated heterocycles. The number of unbranched alkanes of at least 4 members (excludes halogenated alkanes) is 10. The third kappa shape index (κ3) is 14.9. The summed E-state index contributed by atoms with van der Waals surface area (Å²) in [5.74, 6) is -1.68. The average Bonchev–Trinajstić information content (AvgIpc) is 2.79. The van der Waals surface area contributed by atoms with Gasteiger partial charge in [-0.2, -0.15) is 0 Å². The van der Waals surface area contributed by atoms with Crippen molar-refractivity contribution in [3.05, 3.63) is 35.4 Å². The van der Waals surface area contributed by atoms with E-state index in [1.807, 2.05) is 6.29 Å². The maximum atomic E-state index is 12.6. The lowest BCUT2D eigenvalue weighted by Crippen LogP contribution is -2.32. The monoisotopic (exact) mass is 460 g/mol. The summed E-state index contributed by atoms with van der Waals surface area (Å²) >= 11 is 0. The van der Waals surface area contributed by atoms with E-state index in [0.29, 0.717) is 18.5 Å². The molecule has 0 aliphatic rings. The number of nitrogens with zero attached hydrogens (tertiary/aromatic N) is 1. The van der Waals surface area contributed by atoms with Crippen molar-refractivity contribution in [3.8, 4) is 0 Å². The van der Waals surface area contributed by atoms with E-state index in [1.54, 1.807) is 29.2 Å². The highest BCUT2D eigenvalue weighted by Crippen LogP contribution is 2.14. The maximum absolute atomic E-state index is 12.6. The molecular formula is C26H38NO6. The molecule has 0 spiro atoms. The first kappa shape index (κ1) is 28.3. The Morgan fingerprint density at radius 3 is 1.58 bits per heavy atom. The standard InChI is InChI=1S/C26H38NO6/c28-21-23-16-14-22(15-17-23)20-27(19-18-26(32)33)24(29)12-10-8-6-4-2-1-3-5-7-9-11-13-25(30)31/h14-17H,1-13,18-20H2,(H,30,31)(H,32,33). The van der Waals surface area contributed by atoms with Crippen molar-refractivity contribution >= 4 is 24.1 Å². The van der Waals surface area contributed by atoms with Gasteiger partial charge in [0.15, 0.2) is 0 Å². The number of rotatable bonds is 20. The number of carboxylic acid groups (broad SMARTS) is 2. The molecule has 0 fully saturated rings. The minimum atomic E-state index is -0.932. The lowest BCUT2D eigenvalue weighted by molar-refractivity contribution is -0.139. The molecule has 7 heteroatoms. The van der Waals surface area contributed by atoms with Crippen LogP contribution in [-0.2, 0) is 25.7 Å². The van der Waals surface area contributed by atoms with E-state index in [0.717, 1.165) is 56.9 Å². The van der Waals surface area contributed by atoms with E-state index in [2.05, 4.69) is 0 Å². The van der Waals surface area contributed by atoms with Crippen LogP contribution in [-0.4, -0.2) is 45.8 Å². The SMILES string of the molecule is O=[C]c1ccc(CN(CCC(=O)O)C(=O)CCCCCCCCCCCCCC(=O)O)cc1. The Morgan fingerprint density at radius 1 is 0.667 bits per heavy atom. The van der Waals surface area contributed by atoms with Gasteiger partial charge >= 0.3 is 11.9 Å². The van der Waals surface area contributed by atoms with Gasteiger partial charge in [-0.1, -0.05) is 82.1 Å². The fourth-order valence-corrected chi connectivity index (χ4v) is 3.72. The van der Waals surface area contributed by atoms with Crippen molar-refractivity contribution in [2.24, 2.45) is 0 Å². The van der Waals surface area contributed by atoms with E-state index in [1.165, 1.54) is 19.3 Å². The van der Waals surface area contributed by atoms with Gasteiger partial charge in [0.25, 0.3) is 0 Å². The number of amides is 1. The quantitative estimate of drug-likeness (QED) is 0.262. The lowest BCUT2D eigenvalue weighted by Gasteiger charge is -2.22. The van der Waals surface area contributed by atoms with Crippen LogP contribution in [0.4, 0.5) is 0 Å². The Morgan fingerprint density at radius 2 is 1.12 bits per heavy atom. The molecule has 7 nitrogen and oxygen atoms in total. The highest BCUT2D eigenvalue weighted by Gasteiger charge is 2.15. The third-order valence-electron chi connectivity index (χ3n) is 5.67. The van der Waals surface area contributed by atoms with Crippen molar-refractivity contribution < 1.29 is 29.4 Å². The summed E-state index contributed by atoms with van der Waals surface area (Å²) in [5, 5.41) is 17.6. The molecule has 1 amide bonds. The van der Waals surface area contributed by atoms with Crippen molar-refractivity contribution in [1.82, 2.24) is 4.90 Å². The summed E-state index contributed by atoms with van der Waals surface area (Å²) in [4.78, 5) is 46.3. The van der Waals surface area contributed by atoms with Crippen LogP contribution < -0.4 is 0 Å². The second-order valence-corrected chi connectivity index (χ2v) is 8.54. The van der Waals surface area contributed by atoms with Gasteiger partial charge in [0.1, 0.15) is 0 Å². The van der Waals surface area contributed by atoms with Crippen LogP contribution in [0.3, 0.4) is 0 Å². The van der Waals surface area contributed by atoms with Crippen LogP contribution in [0.2, 0.25) is 0 Å². The fraction of sp³-hybridized carbons (Fsp3) is 0.615. The van der Waals surface area contributed by atoms with Crippen molar-refractivity contribution in [1.29, 1.82) is 0 Å². The molecule has 183 valence electrons. The smallest absolute Gasteiger partial charge is 0.305 e. The minimum Gasteiger partial charge on any atom is -0.481 e. The van der Waals surface area contributed by atoms with E-state index >= 15 is 0 Å². The zero-order valence-electron chi connectivity index (χ0n) is 19.6. The average molecular weight is 461 g/mol. The Labute approximate surface area is 197 Å². The number of carbonyl (C=O) groups excluding carboxylic acids is 2. The Kier molecular flexibility index (Phi) is 15.3. The predicted molar refractivity (Wildman–Crippen MR) is 127 cm³/mol.